The smallest absolute Gasteiger partial charge is 0.258 e. The van der Waals surface area contributed by atoms with Crippen molar-refractivity contribution < 1.29 is 14.6 Å². The lowest BCUT2D eigenvalue weighted by atomic mass is 10.2. The number of aromatic amines is 1. The summed E-state index contributed by atoms with van der Waals surface area (Å²) in [6.45, 7) is 2.15. The molecule has 0 saturated carbocycles. The normalized spacial score (nSPS) is 13.4. The zero-order valence-electron chi connectivity index (χ0n) is 18.0. The van der Waals surface area contributed by atoms with Crippen molar-refractivity contribution in [2.24, 2.45) is 0 Å². The third kappa shape index (κ3) is 4.63. The molecule has 0 spiro atoms. The highest BCUT2D eigenvalue weighted by molar-refractivity contribution is 6.04. The van der Waals surface area contributed by atoms with Crippen molar-refractivity contribution in [2.75, 3.05) is 36.5 Å². The van der Waals surface area contributed by atoms with Gasteiger partial charge in [-0.25, -0.2) is 15.0 Å². The largest absolute Gasteiger partial charge is 0.491 e. The lowest BCUT2D eigenvalue weighted by molar-refractivity contribution is 0.102. The number of ether oxygens (including phenoxy) is 1. The van der Waals surface area contributed by atoms with E-state index in [2.05, 4.69) is 30.2 Å². The molecule has 1 saturated heterocycles. The number of nitrogens with zero attached hydrogens (tertiary/aromatic N) is 4. The maximum Gasteiger partial charge on any atom is 0.258 e. The van der Waals surface area contributed by atoms with Gasteiger partial charge in [-0.3, -0.25) is 4.79 Å². The molecule has 9 heteroatoms. The molecule has 5 rings (SSSR count). The minimum atomic E-state index is -0.263. The molecule has 4 aromatic rings. The summed E-state index contributed by atoms with van der Waals surface area (Å²) in [6.07, 6.45) is 5.43. The van der Waals surface area contributed by atoms with E-state index < -0.39 is 0 Å². The Labute approximate surface area is 190 Å². The van der Waals surface area contributed by atoms with Gasteiger partial charge in [-0.1, -0.05) is 0 Å². The number of benzene rings is 2. The van der Waals surface area contributed by atoms with Gasteiger partial charge in [-0.2, -0.15) is 0 Å². The van der Waals surface area contributed by atoms with Crippen molar-refractivity contribution >= 4 is 28.6 Å². The molecule has 0 radical (unpaired) electrons. The Hall–Kier alpha value is -3.98. The topological polar surface area (TPSA) is 116 Å². The second-order valence-electron chi connectivity index (χ2n) is 7.83. The Bertz CT molecular complexity index is 1250. The first-order valence-corrected chi connectivity index (χ1v) is 10.9. The van der Waals surface area contributed by atoms with Gasteiger partial charge in [0.1, 0.15) is 18.2 Å². The number of aliphatic hydroxyl groups excluding tert-OH is 1. The molecule has 0 unspecified atom stereocenters. The third-order valence-corrected chi connectivity index (χ3v) is 5.52. The minimum Gasteiger partial charge on any atom is -0.491 e. The molecule has 1 aliphatic heterocycles. The average Bonchev–Trinajstić information content (AvgIpc) is 3.53. The summed E-state index contributed by atoms with van der Waals surface area (Å²) >= 11 is 0. The Balaban J connectivity index is 1.28. The number of H-pyrrole nitrogens is 1. The van der Waals surface area contributed by atoms with Crippen LogP contribution in [0.25, 0.3) is 22.4 Å². The molecular weight excluding hydrogens is 420 g/mol. The predicted molar refractivity (Wildman–Crippen MR) is 126 cm³/mol. The van der Waals surface area contributed by atoms with E-state index in [4.69, 9.17) is 9.84 Å². The van der Waals surface area contributed by atoms with Crippen LogP contribution < -0.4 is 15.0 Å². The molecule has 0 aliphatic carbocycles. The Kier molecular flexibility index (Phi) is 5.86. The number of hydrogen-bond donors (Lipinski definition) is 3. The number of rotatable bonds is 7. The van der Waals surface area contributed by atoms with Crippen molar-refractivity contribution in [1.29, 1.82) is 0 Å². The molecule has 168 valence electrons. The molecule has 2 aromatic carbocycles. The highest BCUT2D eigenvalue weighted by atomic mass is 16.5. The van der Waals surface area contributed by atoms with Crippen LogP contribution in [0.3, 0.4) is 0 Å². The van der Waals surface area contributed by atoms with E-state index in [0.29, 0.717) is 28.8 Å². The molecular formula is C24H24N6O3. The number of fused-ring (bicyclic) bond motifs is 1. The van der Waals surface area contributed by atoms with Gasteiger partial charge in [0.2, 0.25) is 5.95 Å². The van der Waals surface area contributed by atoms with Gasteiger partial charge in [0.15, 0.2) is 0 Å². The molecule has 33 heavy (non-hydrogen) atoms. The van der Waals surface area contributed by atoms with Crippen LogP contribution in [0.5, 0.6) is 5.75 Å². The highest BCUT2D eigenvalue weighted by Crippen LogP contribution is 2.25. The van der Waals surface area contributed by atoms with Gasteiger partial charge in [-0.05, 0) is 55.3 Å². The highest BCUT2D eigenvalue weighted by Gasteiger charge is 2.16. The van der Waals surface area contributed by atoms with Gasteiger partial charge < -0.3 is 25.0 Å². The van der Waals surface area contributed by atoms with Crippen LogP contribution in [0.4, 0.5) is 11.6 Å². The van der Waals surface area contributed by atoms with Crippen LogP contribution in [0.1, 0.15) is 23.2 Å². The zero-order valence-corrected chi connectivity index (χ0v) is 18.0. The fourth-order valence-corrected chi connectivity index (χ4v) is 3.82. The number of aromatic nitrogens is 4. The maximum absolute atomic E-state index is 12.7. The molecule has 1 amide bonds. The molecule has 3 N–H and O–H groups in total. The molecule has 3 heterocycles. The maximum atomic E-state index is 12.7. The number of nitrogens with one attached hydrogen (secondary N) is 2. The summed E-state index contributed by atoms with van der Waals surface area (Å²) in [5.41, 5.74) is 3.57. The van der Waals surface area contributed by atoms with Crippen molar-refractivity contribution in [3.8, 4) is 17.1 Å². The predicted octanol–water partition coefficient (Wildman–Crippen LogP) is 3.24. The minimum absolute atomic E-state index is 0.0267. The summed E-state index contributed by atoms with van der Waals surface area (Å²) in [4.78, 5) is 31.4. The van der Waals surface area contributed by atoms with Crippen molar-refractivity contribution in [3.05, 3.63) is 60.4 Å². The zero-order chi connectivity index (χ0) is 22.6. The number of carbonyl (C=O) groups is 1. The van der Waals surface area contributed by atoms with Crippen LogP contribution >= 0.6 is 0 Å². The van der Waals surface area contributed by atoms with Gasteiger partial charge in [-0.15, -0.1) is 0 Å². The summed E-state index contributed by atoms with van der Waals surface area (Å²) in [5.74, 6) is 1.81. The van der Waals surface area contributed by atoms with E-state index in [0.717, 1.165) is 42.5 Å². The molecule has 1 aliphatic rings. The molecule has 1 fully saturated rings. The van der Waals surface area contributed by atoms with Crippen LogP contribution in [0, 0.1) is 0 Å². The quantitative estimate of drug-likeness (QED) is 0.401. The summed E-state index contributed by atoms with van der Waals surface area (Å²) in [6, 6.07) is 13.0. The summed E-state index contributed by atoms with van der Waals surface area (Å²) in [5, 5.41) is 11.8. The number of amides is 1. The number of carbonyl (C=O) groups excluding carboxylic acids is 1. The lowest BCUT2D eigenvalue weighted by Crippen LogP contribution is -2.21. The van der Waals surface area contributed by atoms with Crippen LogP contribution in [0.2, 0.25) is 0 Å². The van der Waals surface area contributed by atoms with Crippen molar-refractivity contribution in [2.45, 2.75) is 12.8 Å². The number of hydrogen-bond acceptors (Lipinski definition) is 7. The van der Waals surface area contributed by atoms with Gasteiger partial charge in [0.05, 0.1) is 23.2 Å². The third-order valence-electron chi connectivity index (χ3n) is 5.52. The van der Waals surface area contributed by atoms with E-state index in [1.165, 1.54) is 0 Å². The fourth-order valence-electron chi connectivity index (χ4n) is 3.82. The summed E-state index contributed by atoms with van der Waals surface area (Å²) < 4.78 is 5.39. The van der Waals surface area contributed by atoms with Crippen LogP contribution in [0.15, 0.2) is 54.9 Å². The second-order valence-corrected chi connectivity index (χ2v) is 7.83. The monoisotopic (exact) mass is 444 g/mol. The van der Waals surface area contributed by atoms with E-state index in [9.17, 15) is 4.79 Å². The molecule has 2 aromatic heterocycles. The van der Waals surface area contributed by atoms with E-state index >= 15 is 0 Å². The fraction of sp³-hybridized carbons (Fsp3) is 0.250. The Morgan fingerprint density at radius 2 is 1.85 bits per heavy atom. The van der Waals surface area contributed by atoms with Crippen LogP contribution in [-0.2, 0) is 0 Å². The second kappa shape index (κ2) is 9.25. The van der Waals surface area contributed by atoms with Gasteiger partial charge >= 0.3 is 0 Å². The lowest BCUT2D eigenvalue weighted by Gasteiger charge is -2.14. The van der Waals surface area contributed by atoms with E-state index in [-0.39, 0.29) is 19.1 Å². The van der Waals surface area contributed by atoms with Gasteiger partial charge in [0, 0.05) is 36.7 Å². The number of aliphatic hydroxyl groups is 1. The molecule has 0 bridgehead atoms. The molecule has 0 atom stereocenters. The van der Waals surface area contributed by atoms with Crippen molar-refractivity contribution in [3.63, 3.8) is 0 Å². The average molecular weight is 444 g/mol. The first-order valence-electron chi connectivity index (χ1n) is 10.9. The standard InChI is InChI=1S/C24H24N6O3/c31-11-12-33-19-6-3-16(4-7-19)22-28-20-8-5-18(13-21(20)29-22)27-23(32)17-14-25-24(26-15-17)30-9-1-2-10-30/h3-8,13-15,31H,1-2,9-12H2,(H,27,32)(H,28,29). The SMILES string of the molecule is O=C(Nc1ccc2nc(-c3ccc(OCCO)cc3)[nH]c2c1)c1cnc(N2CCCC2)nc1. The van der Waals surface area contributed by atoms with E-state index in [1.54, 1.807) is 12.4 Å². The first-order chi connectivity index (χ1) is 16.2. The Morgan fingerprint density at radius 3 is 2.58 bits per heavy atom. The Morgan fingerprint density at radius 1 is 1.09 bits per heavy atom. The van der Waals surface area contributed by atoms with Crippen LogP contribution in [-0.4, -0.2) is 57.3 Å². The number of imidazole rings is 1. The molecule has 9 nitrogen and oxygen atoms in total. The van der Waals surface area contributed by atoms with E-state index in [1.807, 2.05) is 42.5 Å². The summed E-state index contributed by atoms with van der Waals surface area (Å²) in [7, 11) is 0. The number of anilines is 2. The first kappa shape index (κ1) is 20.9. The van der Waals surface area contributed by atoms with Crippen molar-refractivity contribution in [1.82, 2.24) is 19.9 Å². The van der Waals surface area contributed by atoms with Gasteiger partial charge in [0.25, 0.3) is 5.91 Å².